The van der Waals surface area contributed by atoms with Crippen molar-refractivity contribution in [2.75, 3.05) is 7.11 Å². The van der Waals surface area contributed by atoms with Crippen LogP contribution >= 0.6 is 0 Å². The van der Waals surface area contributed by atoms with E-state index in [1.54, 1.807) is 7.11 Å². The molecule has 3 aliphatic carbocycles. The van der Waals surface area contributed by atoms with E-state index in [0.29, 0.717) is 23.3 Å². The van der Waals surface area contributed by atoms with E-state index in [1.165, 1.54) is 30.5 Å². The molecule has 1 aromatic rings. The fraction of sp³-hybridized carbons (Fsp3) is 0.565. The number of hydrogen-bond acceptors (Lipinski definition) is 5. The predicted molar refractivity (Wildman–Crippen MR) is 105 cm³/mol. The maximum atomic E-state index is 11.6. The number of hydrogen-bond donors (Lipinski definition) is 0. The van der Waals surface area contributed by atoms with Crippen LogP contribution in [0.15, 0.2) is 18.2 Å². The van der Waals surface area contributed by atoms with E-state index in [-0.39, 0.29) is 23.5 Å². The Bertz CT molecular complexity index is 855. The number of allylic oxidation sites excluding steroid dienone is 2. The van der Waals surface area contributed by atoms with Gasteiger partial charge in [0, 0.05) is 19.3 Å². The van der Waals surface area contributed by atoms with Crippen LogP contribution in [-0.2, 0) is 20.7 Å². The summed E-state index contributed by atoms with van der Waals surface area (Å²) in [6, 6.07) is 3.98. The minimum atomic E-state index is -0.345. The largest absolute Gasteiger partial charge is 0.493 e. The summed E-state index contributed by atoms with van der Waals surface area (Å²) in [5.41, 5.74) is 3.80. The van der Waals surface area contributed by atoms with E-state index >= 15 is 0 Å². The van der Waals surface area contributed by atoms with E-state index in [4.69, 9.17) is 14.2 Å². The number of esters is 2. The maximum absolute atomic E-state index is 11.6. The minimum absolute atomic E-state index is 0.00933. The van der Waals surface area contributed by atoms with Crippen LogP contribution in [-0.4, -0.2) is 25.2 Å². The van der Waals surface area contributed by atoms with Crippen LogP contribution in [0.1, 0.15) is 57.6 Å². The SMILES string of the molecule is COc1cc2c(cc1OC(C)=O)CCC1C2=CC[C@@]2(C)C1CC[C@@H]2OC(C)=O. The third kappa shape index (κ3) is 3.01. The fourth-order valence-electron chi connectivity index (χ4n) is 5.71. The first kappa shape index (κ1) is 19.0. The van der Waals surface area contributed by atoms with Crippen molar-refractivity contribution < 1.29 is 23.8 Å². The van der Waals surface area contributed by atoms with Crippen molar-refractivity contribution in [3.63, 3.8) is 0 Å². The zero-order valence-electron chi connectivity index (χ0n) is 17.0. The smallest absolute Gasteiger partial charge is 0.308 e. The van der Waals surface area contributed by atoms with E-state index in [1.807, 2.05) is 12.1 Å². The molecular formula is C23H28O5. The molecule has 4 rings (SSSR count). The van der Waals surface area contributed by atoms with Crippen molar-refractivity contribution in [1.82, 2.24) is 0 Å². The van der Waals surface area contributed by atoms with Gasteiger partial charge in [-0.2, -0.15) is 0 Å². The first-order chi connectivity index (χ1) is 13.3. The molecule has 0 aromatic heterocycles. The van der Waals surface area contributed by atoms with Gasteiger partial charge in [-0.3, -0.25) is 9.59 Å². The Morgan fingerprint density at radius 2 is 1.86 bits per heavy atom. The summed E-state index contributed by atoms with van der Waals surface area (Å²) in [5.74, 6) is 1.54. The van der Waals surface area contributed by atoms with Crippen LogP contribution in [0.4, 0.5) is 0 Å². The van der Waals surface area contributed by atoms with Crippen LogP contribution in [0.3, 0.4) is 0 Å². The number of benzene rings is 1. The molecule has 0 amide bonds. The second-order valence-corrected chi connectivity index (χ2v) is 8.55. The molecule has 3 aliphatic rings. The van der Waals surface area contributed by atoms with Gasteiger partial charge in [0.05, 0.1) is 7.11 Å². The van der Waals surface area contributed by atoms with Gasteiger partial charge in [0.15, 0.2) is 11.5 Å². The van der Waals surface area contributed by atoms with Crippen LogP contribution in [0.25, 0.3) is 5.57 Å². The molecular weight excluding hydrogens is 356 g/mol. The van der Waals surface area contributed by atoms with Gasteiger partial charge < -0.3 is 14.2 Å². The number of carbonyl (C=O) groups excluding carboxylic acids is 2. The zero-order chi connectivity index (χ0) is 20.1. The van der Waals surface area contributed by atoms with Gasteiger partial charge >= 0.3 is 11.9 Å². The van der Waals surface area contributed by atoms with Gasteiger partial charge in [-0.1, -0.05) is 13.0 Å². The molecule has 0 aliphatic heterocycles. The number of carbonyl (C=O) groups is 2. The molecule has 28 heavy (non-hydrogen) atoms. The highest BCUT2D eigenvalue weighted by molar-refractivity contribution is 5.77. The number of rotatable bonds is 3. The van der Waals surface area contributed by atoms with Gasteiger partial charge in [0.25, 0.3) is 0 Å². The number of methoxy groups -OCH3 is 1. The summed E-state index contributed by atoms with van der Waals surface area (Å²) >= 11 is 0. The Morgan fingerprint density at radius 1 is 1.07 bits per heavy atom. The maximum Gasteiger partial charge on any atom is 0.308 e. The second-order valence-electron chi connectivity index (χ2n) is 8.55. The number of aryl methyl sites for hydroxylation is 1. The number of ether oxygens (including phenoxy) is 3. The molecule has 1 saturated carbocycles. The Hall–Kier alpha value is -2.30. The summed E-state index contributed by atoms with van der Waals surface area (Å²) in [4.78, 5) is 23.0. The second kappa shape index (κ2) is 6.94. The molecule has 2 unspecified atom stereocenters. The Kier molecular flexibility index (Phi) is 4.72. The molecule has 0 bridgehead atoms. The highest BCUT2D eigenvalue weighted by Gasteiger charge is 2.53. The van der Waals surface area contributed by atoms with Crippen LogP contribution in [0.5, 0.6) is 11.5 Å². The Morgan fingerprint density at radius 3 is 2.54 bits per heavy atom. The average molecular weight is 384 g/mol. The van der Waals surface area contributed by atoms with E-state index in [9.17, 15) is 9.59 Å². The first-order valence-corrected chi connectivity index (χ1v) is 10.1. The normalized spacial score (nSPS) is 30.4. The van der Waals surface area contributed by atoms with Crippen LogP contribution < -0.4 is 9.47 Å². The molecule has 0 heterocycles. The van der Waals surface area contributed by atoms with E-state index in [0.717, 1.165) is 32.1 Å². The third-order valence-corrected chi connectivity index (χ3v) is 6.96. The van der Waals surface area contributed by atoms with Gasteiger partial charge in [0.1, 0.15) is 6.10 Å². The molecule has 1 fully saturated rings. The van der Waals surface area contributed by atoms with Gasteiger partial charge in [0.2, 0.25) is 0 Å². The molecule has 0 saturated heterocycles. The molecule has 4 atom stereocenters. The summed E-state index contributed by atoms with van der Waals surface area (Å²) in [7, 11) is 1.60. The summed E-state index contributed by atoms with van der Waals surface area (Å²) in [5, 5.41) is 0. The topological polar surface area (TPSA) is 61.8 Å². The van der Waals surface area contributed by atoms with Crippen molar-refractivity contribution >= 4 is 17.5 Å². The van der Waals surface area contributed by atoms with E-state index < -0.39 is 0 Å². The monoisotopic (exact) mass is 384 g/mol. The highest BCUT2D eigenvalue weighted by atomic mass is 16.6. The predicted octanol–water partition coefficient (Wildman–Crippen LogP) is 4.32. The number of fused-ring (bicyclic) bond motifs is 5. The van der Waals surface area contributed by atoms with Crippen molar-refractivity contribution in [1.29, 1.82) is 0 Å². The molecule has 1 aromatic carbocycles. The molecule has 0 spiro atoms. The lowest BCUT2D eigenvalue weighted by Crippen LogP contribution is -2.41. The lowest BCUT2D eigenvalue weighted by Gasteiger charge is -2.46. The molecule has 0 radical (unpaired) electrons. The minimum Gasteiger partial charge on any atom is -0.493 e. The summed E-state index contributed by atoms with van der Waals surface area (Å²) < 4.78 is 16.5. The van der Waals surface area contributed by atoms with E-state index in [2.05, 4.69) is 13.0 Å². The average Bonchev–Trinajstić information content (AvgIpc) is 2.96. The van der Waals surface area contributed by atoms with Crippen LogP contribution in [0, 0.1) is 17.3 Å². The first-order valence-electron chi connectivity index (χ1n) is 10.1. The Balaban J connectivity index is 1.70. The molecule has 0 N–H and O–H groups in total. The molecule has 150 valence electrons. The standard InChI is InChI=1S/C23H28O5/c1-13(24)27-21-11-15-5-6-17-16(18(15)12-20(21)26-4)9-10-23(3)19(17)7-8-22(23)28-14(2)25/h9,11-12,17,19,22H,5-8,10H2,1-4H3/t17?,19?,22-,23-/m0/s1. The molecule has 5 nitrogen and oxygen atoms in total. The van der Waals surface area contributed by atoms with Gasteiger partial charge in [-0.25, -0.2) is 0 Å². The Labute approximate surface area is 166 Å². The molecule has 5 heteroatoms. The van der Waals surface area contributed by atoms with Crippen LogP contribution in [0.2, 0.25) is 0 Å². The lowest BCUT2D eigenvalue weighted by atomic mass is 9.60. The van der Waals surface area contributed by atoms with Gasteiger partial charge in [-0.15, -0.1) is 0 Å². The highest BCUT2D eigenvalue weighted by Crippen LogP contribution is 2.59. The van der Waals surface area contributed by atoms with Gasteiger partial charge in [-0.05, 0) is 72.8 Å². The lowest BCUT2D eigenvalue weighted by molar-refractivity contribution is -0.152. The third-order valence-electron chi connectivity index (χ3n) is 6.96. The summed E-state index contributed by atoms with van der Waals surface area (Å²) in [6.07, 6.45) is 7.31. The van der Waals surface area contributed by atoms with Crippen molar-refractivity contribution in [3.8, 4) is 11.5 Å². The van der Waals surface area contributed by atoms with Crippen molar-refractivity contribution in [3.05, 3.63) is 29.3 Å². The summed E-state index contributed by atoms with van der Waals surface area (Å²) in [6.45, 7) is 5.19. The van der Waals surface area contributed by atoms with Crippen molar-refractivity contribution in [2.24, 2.45) is 17.3 Å². The quantitative estimate of drug-likeness (QED) is 0.574. The fourth-order valence-corrected chi connectivity index (χ4v) is 5.71. The zero-order valence-corrected chi connectivity index (χ0v) is 17.0. The van der Waals surface area contributed by atoms with Crippen molar-refractivity contribution in [2.45, 2.75) is 59.0 Å².